The highest BCUT2D eigenvalue weighted by atomic mass is 16.5. The minimum Gasteiger partial charge on any atom is -0.372 e. The third kappa shape index (κ3) is 2.21. The molecule has 92 valence electrons. The number of carbonyl (C=O) groups is 1. The number of hydrazine groups is 1. The molecule has 2 heterocycles. The molecule has 0 aromatic rings. The molecule has 0 aromatic heterocycles. The topological polar surface area (TPSA) is 67.6 Å². The number of carbonyl (C=O) groups excluding carboxylic acids is 1. The van der Waals surface area contributed by atoms with Crippen molar-refractivity contribution in [2.45, 2.75) is 44.9 Å². The van der Waals surface area contributed by atoms with Crippen molar-refractivity contribution < 1.29 is 9.53 Å². The van der Waals surface area contributed by atoms with Crippen molar-refractivity contribution in [3.05, 3.63) is 0 Å². The average molecular weight is 227 g/mol. The minimum atomic E-state index is -0.0914. The first-order chi connectivity index (χ1) is 7.61. The van der Waals surface area contributed by atoms with E-state index in [1.165, 1.54) is 0 Å². The van der Waals surface area contributed by atoms with E-state index in [1.54, 1.807) is 0 Å². The molecule has 4 unspecified atom stereocenters. The largest absolute Gasteiger partial charge is 0.372 e. The number of amides is 1. The molecule has 0 spiro atoms. The van der Waals surface area contributed by atoms with Crippen molar-refractivity contribution in [3.63, 3.8) is 0 Å². The van der Waals surface area contributed by atoms with Gasteiger partial charge in [0.1, 0.15) is 0 Å². The number of ether oxygens (including phenoxy) is 1. The fourth-order valence-electron chi connectivity index (χ4n) is 2.65. The molecule has 0 radical (unpaired) electrons. The molecule has 5 heteroatoms. The number of hydrogen-bond acceptors (Lipinski definition) is 4. The second-order valence-electron chi connectivity index (χ2n) is 4.95. The van der Waals surface area contributed by atoms with E-state index in [0.29, 0.717) is 12.2 Å². The third-order valence-electron chi connectivity index (χ3n) is 3.93. The van der Waals surface area contributed by atoms with Crippen LogP contribution in [-0.4, -0.2) is 42.1 Å². The van der Waals surface area contributed by atoms with E-state index in [-0.39, 0.29) is 17.9 Å². The van der Waals surface area contributed by atoms with Gasteiger partial charge >= 0.3 is 0 Å². The molecule has 2 fully saturated rings. The van der Waals surface area contributed by atoms with Gasteiger partial charge in [-0.25, -0.2) is 5.84 Å². The van der Waals surface area contributed by atoms with Crippen molar-refractivity contribution in [1.29, 1.82) is 0 Å². The zero-order valence-electron chi connectivity index (χ0n) is 9.98. The Bertz CT molecular complexity index is 260. The van der Waals surface area contributed by atoms with Crippen LogP contribution in [0.5, 0.6) is 0 Å². The molecule has 16 heavy (non-hydrogen) atoms. The normalized spacial score (nSPS) is 33.4. The van der Waals surface area contributed by atoms with Crippen molar-refractivity contribution in [2.75, 3.05) is 13.1 Å². The van der Waals surface area contributed by atoms with Gasteiger partial charge in [-0.3, -0.25) is 15.1 Å². The fraction of sp³-hybridized carbons (Fsp3) is 0.909. The second kappa shape index (κ2) is 4.69. The van der Waals surface area contributed by atoms with Crippen LogP contribution in [0.2, 0.25) is 0 Å². The molecule has 2 aliphatic heterocycles. The van der Waals surface area contributed by atoms with E-state index in [0.717, 1.165) is 25.9 Å². The highest BCUT2D eigenvalue weighted by Gasteiger charge is 2.37. The number of nitrogens with one attached hydrogen (secondary N) is 1. The van der Waals surface area contributed by atoms with E-state index in [9.17, 15) is 4.79 Å². The summed E-state index contributed by atoms with van der Waals surface area (Å²) in [5.74, 6) is 4.99. The predicted octanol–water partition coefficient (Wildman–Crippen LogP) is -0.136. The summed E-state index contributed by atoms with van der Waals surface area (Å²) in [4.78, 5) is 13.8. The van der Waals surface area contributed by atoms with E-state index in [4.69, 9.17) is 10.6 Å². The summed E-state index contributed by atoms with van der Waals surface area (Å²) >= 11 is 0. The van der Waals surface area contributed by atoms with Crippen LogP contribution in [0, 0.1) is 5.92 Å². The summed E-state index contributed by atoms with van der Waals surface area (Å²) in [5, 5.41) is 0. The summed E-state index contributed by atoms with van der Waals surface area (Å²) in [6, 6.07) is 0.218. The first-order valence-corrected chi connectivity index (χ1v) is 6.01. The van der Waals surface area contributed by atoms with Gasteiger partial charge in [0.05, 0.1) is 18.1 Å². The van der Waals surface area contributed by atoms with Crippen molar-refractivity contribution >= 4 is 5.91 Å². The summed E-state index contributed by atoms with van der Waals surface area (Å²) in [6.45, 7) is 5.90. The lowest BCUT2D eigenvalue weighted by Gasteiger charge is -2.38. The lowest BCUT2D eigenvalue weighted by molar-refractivity contribution is -0.128. The molecule has 4 atom stereocenters. The Hall–Kier alpha value is -0.650. The van der Waals surface area contributed by atoms with Gasteiger partial charge in [0, 0.05) is 19.1 Å². The van der Waals surface area contributed by atoms with Crippen LogP contribution in [0.1, 0.15) is 26.7 Å². The number of rotatable bonds is 3. The average Bonchev–Trinajstić information content (AvgIpc) is 2.65. The van der Waals surface area contributed by atoms with E-state index in [1.807, 2.05) is 6.92 Å². The summed E-state index contributed by atoms with van der Waals surface area (Å²) in [6.07, 6.45) is 3.06. The third-order valence-corrected chi connectivity index (χ3v) is 3.93. The van der Waals surface area contributed by atoms with Crippen molar-refractivity contribution in [1.82, 2.24) is 10.3 Å². The standard InChI is InChI=1S/C11H21N3O2/c1-7(11(15)13-12)8(2)14-5-9-3-4-10(6-14)16-9/h7-10H,3-6,12H2,1-2H3,(H,13,15). The number of morpholine rings is 1. The summed E-state index contributed by atoms with van der Waals surface area (Å²) in [5.41, 5.74) is 2.23. The van der Waals surface area contributed by atoms with Gasteiger partial charge in [-0.15, -0.1) is 0 Å². The lowest BCUT2D eigenvalue weighted by atomic mass is 10.0. The molecule has 2 rings (SSSR count). The number of likely N-dealkylation sites (tertiary alicyclic amines) is 1. The second-order valence-corrected chi connectivity index (χ2v) is 4.95. The van der Waals surface area contributed by atoms with Gasteiger partial charge in [-0.05, 0) is 19.8 Å². The number of hydrogen-bond donors (Lipinski definition) is 2. The lowest BCUT2D eigenvalue weighted by Crippen LogP contribution is -2.52. The Kier molecular flexibility index (Phi) is 3.47. The van der Waals surface area contributed by atoms with Crippen LogP contribution in [0.3, 0.4) is 0 Å². The highest BCUT2D eigenvalue weighted by Crippen LogP contribution is 2.28. The van der Waals surface area contributed by atoms with Crippen LogP contribution in [0.25, 0.3) is 0 Å². The van der Waals surface area contributed by atoms with Crippen LogP contribution in [0.15, 0.2) is 0 Å². The molecule has 2 aliphatic rings. The fourth-order valence-corrected chi connectivity index (χ4v) is 2.65. The Morgan fingerprint density at radius 1 is 1.38 bits per heavy atom. The summed E-state index contributed by atoms with van der Waals surface area (Å²) < 4.78 is 5.78. The van der Waals surface area contributed by atoms with Gasteiger partial charge in [0.25, 0.3) is 0 Å². The molecule has 0 saturated carbocycles. The molecule has 1 amide bonds. The molecule has 2 bridgehead atoms. The molecule has 2 saturated heterocycles. The van der Waals surface area contributed by atoms with Gasteiger partial charge < -0.3 is 4.74 Å². The Morgan fingerprint density at radius 3 is 2.44 bits per heavy atom. The van der Waals surface area contributed by atoms with Crippen LogP contribution < -0.4 is 11.3 Å². The maximum absolute atomic E-state index is 11.5. The smallest absolute Gasteiger partial charge is 0.238 e. The van der Waals surface area contributed by atoms with Crippen LogP contribution in [0.4, 0.5) is 0 Å². The first-order valence-electron chi connectivity index (χ1n) is 6.01. The molecule has 3 N–H and O–H groups in total. The number of nitrogens with zero attached hydrogens (tertiary/aromatic N) is 1. The molecule has 5 nitrogen and oxygen atoms in total. The predicted molar refractivity (Wildman–Crippen MR) is 60.4 cm³/mol. The maximum atomic E-state index is 11.5. The maximum Gasteiger partial charge on any atom is 0.238 e. The van der Waals surface area contributed by atoms with Crippen LogP contribution >= 0.6 is 0 Å². The molecule has 0 aromatic carbocycles. The Balaban J connectivity index is 1.94. The van der Waals surface area contributed by atoms with Crippen molar-refractivity contribution in [3.8, 4) is 0 Å². The molecule has 0 aliphatic carbocycles. The van der Waals surface area contributed by atoms with Crippen molar-refractivity contribution in [2.24, 2.45) is 11.8 Å². The van der Waals surface area contributed by atoms with Gasteiger partial charge in [-0.1, -0.05) is 6.92 Å². The van der Waals surface area contributed by atoms with E-state index < -0.39 is 0 Å². The zero-order chi connectivity index (χ0) is 11.7. The zero-order valence-corrected chi connectivity index (χ0v) is 9.98. The van der Waals surface area contributed by atoms with Gasteiger partial charge in [-0.2, -0.15) is 0 Å². The SMILES string of the molecule is CC(C(=O)NN)C(C)N1CC2CCC(C1)O2. The highest BCUT2D eigenvalue weighted by molar-refractivity contribution is 5.78. The minimum absolute atomic E-state index is 0.0810. The van der Waals surface area contributed by atoms with Gasteiger partial charge in [0.2, 0.25) is 5.91 Å². The summed E-state index contributed by atoms with van der Waals surface area (Å²) in [7, 11) is 0. The quantitative estimate of drug-likeness (QED) is 0.400. The van der Waals surface area contributed by atoms with Gasteiger partial charge in [0.15, 0.2) is 0 Å². The number of nitrogens with two attached hydrogens (primary N) is 1. The number of fused-ring (bicyclic) bond motifs is 2. The monoisotopic (exact) mass is 227 g/mol. The van der Waals surface area contributed by atoms with E-state index >= 15 is 0 Å². The van der Waals surface area contributed by atoms with E-state index in [2.05, 4.69) is 17.2 Å². The van der Waals surface area contributed by atoms with Crippen LogP contribution in [-0.2, 0) is 9.53 Å². The Labute approximate surface area is 96.3 Å². The first kappa shape index (κ1) is 11.8. The Morgan fingerprint density at radius 2 is 1.94 bits per heavy atom. The molecular weight excluding hydrogens is 206 g/mol. The molecular formula is C11H21N3O2.